The first-order chi connectivity index (χ1) is 8.85. The van der Waals surface area contributed by atoms with Crippen molar-refractivity contribution in [2.24, 2.45) is 5.92 Å². The minimum absolute atomic E-state index is 0.127. The largest absolute Gasteiger partial charge is 0.251 e. The third-order valence-corrected chi connectivity index (χ3v) is 3.93. The van der Waals surface area contributed by atoms with Crippen molar-refractivity contribution in [2.45, 2.75) is 97.3 Å². The van der Waals surface area contributed by atoms with Gasteiger partial charge in [-0.15, -0.1) is 0 Å². The monoisotopic (exact) mass is 258 g/mol. The maximum atomic E-state index is 12.1. The lowest BCUT2D eigenvalue weighted by molar-refractivity contribution is 0.357. The Labute approximate surface area is 115 Å². The molecule has 1 heteroatoms. The summed E-state index contributed by atoms with van der Waals surface area (Å²) >= 11 is 0. The van der Waals surface area contributed by atoms with Crippen LogP contribution in [-0.4, -0.2) is 6.67 Å². The standard InChI is InChI=1S/C17H35F/c1-3-5-7-9-13-17(15-11-12-16-18)14-10-8-6-4-2/h17H,3-16H2,1-2H3. The van der Waals surface area contributed by atoms with Crippen LogP contribution in [0.4, 0.5) is 4.39 Å². The number of unbranched alkanes of at least 4 members (excludes halogenated alkanes) is 7. The number of hydrogen-bond acceptors (Lipinski definition) is 0. The second kappa shape index (κ2) is 15.0. The summed E-state index contributed by atoms with van der Waals surface area (Å²) in [5.74, 6) is 0.880. The minimum Gasteiger partial charge on any atom is -0.251 e. The fourth-order valence-electron chi connectivity index (χ4n) is 2.68. The van der Waals surface area contributed by atoms with Crippen LogP contribution < -0.4 is 0 Å². The van der Waals surface area contributed by atoms with Gasteiger partial charge in [0.25, 0.3) is 0 Å². The summed E-state index contributed by atoms with van der Waals surface area (Å²) in [6, 6.07) is 0. The fraction of sp³-hybridized carbons (Fsp3) is 1.00. The highest BCUT2D eigenvalue weighted by molar-refractivity contribution is 4.61. The molecular formula is C17H35F. The molecule has 18 heavy (non-hydrogen) atoms. The summed E-state index contributed by atoms with van der Waals surface area (Å²) in [4.78, 5) is 0. The summed E-state index contributed by atoms with van der Waals surface area (Å²) < 4.78 is 12.1. The Bertz CT molecular complexity index is 133. The van der Waals surface area contributed by atoms with E-state index in [0.29, 0.717) is 0 Å². The molecule has 0 N–H and O–H groups in total. The molecule has 0 unspecified atom stereocenters. The van der Waals surface area contributed by atoms with Gasteiger partial charge >= 0.3 is 0 Å². The van der Waals surface area contributed by atoms with Gasteiger partial charge in [0.05, 0.1) is 6.67 Å². The van der Waals surface area contributed by atoms with Gasteiger partial charge in [-0.3, -0.25) is 4.39 Å². The van der Waals surface area contributed by atoms with E-state index in [-0.39, 0.29) is 6.67 Å². The number of halogens is 1. The molecule has 0 aromatic heterocycles. The summed E-state index contributed by atoms with van der Waals surface area (Å²) in [5, 5.41) is 0. The SMILES string of the molecule is CCCCCCC(CCCCF)CCCCCC. The van der Waals surface area contributed by atoms with Crippen LogP contribution >= 0.6 is 0 Å². The molecule has 0 rings (SSSR count). The van der Waals surface area contributed by atoms with E-state index in [2.05, 4.69) is 13.8 Å². The van der Waals surface area contributed by atoms with E-state index in [0.717, 1.165) is 18.8 Å². The Morgan fingerprint density at radius 2 is 1.06 bits per heavy atom. The molecule has 110 valence electrons. The maximum absolute atomic E-state index is 12.1. The zero-order chi connectivity index (χ0) is 13.5. The summed E-state index contributed by atoms with van der Waals surface area (Å²) in [6.45, 7) is 4.41. The average molecular weight is 258 g/mol. The van der Waals surface area contributed by atoms with Crippen molar-refractivity contribution in [3.63, 3.8) is 0 Å². The van der Waals surface area contributed by atoms with Crippen molar-refractivity contribution in [3.8, 4) is 0 Å². The summed E-state index contributed by atoms with van der Waals surface area (Å²) in [6.07, 6.45) is 16.9. The van der Waals surface area contributed by atoms with Crippen LogP contribution in [0.3, 0.4) is 0 Å². The molecular weight excluding hydrogens is 223 g/mol. The van der Waals surface area contributed by atoms with Gasteiger partial charge in [-0.05, 0) is 12.3 Å². The van der Waals surface area contributed by atoms with E-state index in [1.54, 1.807) is 0 Å². The molecule has 0 nitrogen and oxygen atoms in total. The highest BCUT2D eigenvalue weighted by Gasteiger charge is 2.08. The zero-order valence-electron chi connectivity index (χ0n) is 12.9. The molecule has 0 bridgehead atoms. The smallest absolute Gasteiger partial charge is 0.0894 e. The zero-order valence-corrected chi connectivity index (χ0v) is 12.9. The Balaban J connectivity index is 3.62. The second-order valence-electron chi connectivity index (χ2n) is 5.75. The number of rotatable bonds is 14. The predicted octanol–water partition coefficient (Wildman–Crippen LogP) is 6.68. The lowest BCUT2D eigenvalue weighted by Crippen LogP contribution is -2.01. The first kappa shape index (κ1) is 17.9. The lowest BCUT2D eigenvalue weighted by Gasteiger charge is -2.16. The molecule has 0 saturated carbocycles. The molecule has 0 spiro atoms. The Kier molecular flexibility index (Phi) is 14.9. The number of alkyl halides is 1. The summed E-state index contributed by atoms with van der Waals surface area (Å²) in [5.41, 5.74) is 0. The van der Waals surface area contributed by atoms with Gasteiger partial charge in [-0.25, -0.2) is 0 Å². The Morgan fingerprint density at radius 1 is 0.611 bits per heavy atom. The molecule has 0 amide bonds. The van der Waals surface area contributed by atoms with Gasteiger partial charge in [0.15, 0.2) is 0 Å². The van der Waals surface area contributed by atoms with Crippen molar-refractivity contribution in [3.05, 3.63) is 0 Å². The van der Waals surface area contributed by atoms with Crippen LogP contribution in [0.2, 0.25) is 0 Å². The van der Waals surface area contributed by atoms with E-state index in [9.17, 15) is 4.39 Å². The normalized spacial score (nSPS) is 11.3. The van der Waals surface area contributed by atoms with Crippen LogP contribution in [0.15, 0.2) is 0 Å². The molecule has 0 aliphatic carbocycles. The fourth-order valence-corrected chi connectivity index (χ4v) is 2.68. The van der Waals surface area contributed by atoms with Gasteiger partial charge in [0.2, 0.25) is 0 Å². The molecule has 0 aliphatic rings. The topological polar surface area (TPSA) is 0 Å². The first-order valence-electron chi connectivity index (χ1n) is 8.41. The van der Waals surface area contributed by atoms with Crippen molar-refractivity contribution in [1.29, 1.82) is 0 Å². The third kappa shape index (κ3) is 12.4. The van der Waals surface area contributed by atoms with Crippen LogP contribution in [0.25, 0.3) is 0 Å². The molecule has 0 heterocycles. The van der Waals surface area contributed by atoms with Gasteiger partial charge in [0.1, 0.15) is 0 Å². The quantitative estimate of drug-likeness (QED) is 0.305. The van der Waals surface area contributed by atoms with Gasteiger partial charge < -0.3 is 0 Å². The van der Waals surface area contributed by atoms with E-state index < -0.39 is 0 Å². The highest BCUT2D eigenvalue weighted by Crippen LogP contribution is 2.23. The Morgan fingerprint density at radius 3 is 1.44 bits per heavy atom. The van der Waals surface area contributed by atoms with E-state index in [4.69, 9.17) is 0 Å². The molecule has 0 atom stereocenters. The minimum atomic E-state index is -0.127. The van der Waals surface area contributed by atoms with E-state index in [1.165, 1.54) is 70.6 Å². The van der Waals surface area contributed by atoms with Gasteiger partial charge in [-0.2, -0.15) is 0 Å². The first-order valence-corrected chi connectivity index (χ1v) is 8.41. The molecule has 0 aromatic rings. The molecule has 0 saturated heterocycles. The van der Waals surface area contributed by atoms with Crippen LogP contribution in [0, 0.1) is 5.92 Å². The highest BCUT2D eigenvalue weighted by atomic mass is 19.1. The lowest BCUT2D eigenvalue weighted by atomic mass is 9.90. The van der Waals surface area contributed by atoms with Crippen LogP contribution in [-0.2, 0) is 0 Å². The van der Waals surface area contributed by atoms with E-state index in [1.807, 2.05) is 0 Å². The molecule has 0 radical (unpaired) electrons. The maximum Gasteiger partial charge on any atom is 0.0894 e. The van der Waals surface area contributed by atoms with Gasteiger partial charge in [-0.1, -0.05) is 90.9 Å². The third-order valence-electron chi connectivity index (χ3n) is 3.93. The van der Waals surface area contributed by atoms with Crippen molar-refractivity contribution in [1.82, 2.24) is 0 Å². The number of hydrogen-bond donors (Lipinski definition) is 0. The van der Waals surface area contributed by atoms with Crippen LogP contribution in [0.1, 0.15) is 97.3 Å². The van der Waals surface area contributed by atoms with Crippen molar-refractivity contribution in [2.75, 3.05) is 6.67 Å². The average Bonchev–Trinajstić information content (AvgIpc) is 2.39. The molecule has 0 aliphatic heterocycles. The second-order valence-corrected chi connectivity index (χ2v) is 5.75. The van der Waals surface area contributed by atoms with Crippen molar-refractivity contribution < 1.29 is 4.39 Å². The van der Waals surface area contributed by atoms with E-state index >= 15 is 0 Å². The van der Waals surface area contributed by atoms with Crippen LogP contribution in [0.5, 0.6) is 0 Å². The molecule has 0 fully saturated rings. The van der Waals surface area contributed by atoms with Gasteiger partial charge in [0, 0.05) is 0 Å². The Hall–Kier alpha value is -0.0700. The predicted molar refractivity (Wildman–Crippen MR) is 80.8 cm³/mol. The summed E-state index contributed by atoms with van der Waals surface area (Å²) in [7, 11) is 0. The van der Waals surface area contributed by atoms with Crippen molar-refractivity contribution >= 4 is 0 Å². The molecule has 0 aromatic carbocycles.